The highest BCUT2D eigenvalue weighted by atomic mass is 16.2. The Morgan fingerprint density at radius 2 is 2.04 bits per heavy atom. The number of pyridine rings is 1. The lowest BCUT2D eigenvalue weighted by molar-refractivity contribution is 0.0732. The maximum Gasteiger partial charge on any atom is 0.256 e. The van der Waals surface area contributed by atoms with Gasteiger partial charge in [-0.1, -0.05) is 0 Å². The molecular weight excluding hydrogens is 320 g/mol. The number of carbonyl (C=O) groups is 1. The number of aromatic nitrogens is 5. The van der Waals surface area contributed by atoms with Crippen LogP contribution < -0.4 is 5.56 Å². The summed E-state index contributed by atoms with van der Waals surface area (Å²) in [6.45, 7) is 0.725. The zero-order chi connectivity index (χ0) is 17.2. The van der Waals surface area contributed by atoms with Crippen molar-refractivity contribution in [1.82, 2.24) is 29.8 Å². The minimum Gasteiger partial charge on any atom is -0.334 e. The van der Waals surface area contributed by atoms with E-state index in [1.54, 1.807) is 41.8 Å². The first-order valence-electron chi connectivity index (χ1n) is 7.80. The normalized spacial score (nSPS) is 13.4. The lowest BCUT2D eigenvalue weighted by Gasteiger charge is -2.27. The summed E-state index contributed by atoms with van der Waals surface area (Å²) in [5, 5.41) is 0. The van der Waals surface area contributed by atoms with Crippen molar-refractivity contribution in [2.45, 2.75) is 13.0 Å². The number of carbonyl (C=O) groups excluding carboxylic acids is 1. The second-order valence-corrected chi connectivity index (χ2v) is 5.65. The van der Waals surface area contributed by atoms with Gasteiger partial charge in [-0.25, -0.2) is 9.97 Å². The average Bonchev–Trinajstić information content (AvgIpc) is 2.68. The molecule has 0 bridgehead atoms. The zero-order valence-corrected chi connectivity index (χ0v) is 13.2. The van der Waals surface area contributed by atoms with Crippen molar-refractivity contribution in [3.63, 3.8) is 0 Å². The summed E-state index contributed by atoms with van der Waals surface area (Å²) in [5.74, 6) is 0.250. The van der Waals surface area contributed by atoms with Crippen LogP contribution in [0.25, 0.3) is 11.5 Å². The van der Waals surface area contributed by atoms with Crippen molar-refractivity contribution < 1.29 is 4.79 Å². The molecule has 8 nitrogen and oxygen atoms in total. The summed E-state index contributed by atoms with van der Waals surface area (Å²) >= 11 is 0. The summed E-state index contributed by atoms with van der Waals surface area (Å²) in [4.78, 5) is 46.0. The monoisotopic (exact) mass is 334 g/mol. The number of nitrogens with zero attached hydrogens (tertiary/aromatic N) is 5. The predicted octanol–water partition coefficient (Wildman–Crippen LogP) is 0.820. The van der Waals surface area contributed by atoms with E-state index in [0.717, 1.165) is 0 Å². The maximum absolute atomic E-state index is 12.5. The first kappa shape index (κ1) is 15.1. The van der Waals surface area contributed by atoms with E-state index < -0.39 is 0 Å². The molecule has 8 heteroatoms. The second-order valence-electron chi connectivity index (χ2n) is 5.65. The molecule has 0 fully saturated rings. The van der Waals surface area contributed by atoms with Crippen molar-refractivity contribution in [2.24, 2.45) is 0 Å². The van der Waals surface area contributed by atoms with Gasteiger partial charge in [0.1, 0.15) is 5.69 Å². The summed E-state index contributed by atoms with van der Waals surface area (Å²) in [5.41, 5.74) is 1.97. The number of amides is 1. The van der Waals surface area contributed by atoms with Crippen LogP contribution in [0.4, 0.5) is 0 Å². The van der Waals surface area contributed by atoms with Crippen LogP contribution in [0.3, 0.4) is 0 Å². The third-order valence-electron chi connectivity index (χ3n) is 4.07. The quantitative estimate of drug-likeness (QED) is 0.744. The van der Waals surface area contributed by atoms with Crippen molar-refractivity contribution in [1.29, 1.82) is 0 Å². The van der Waals surface area contributed by atoms with Gasteiger partial charge < -0.3 is 9.88 Å². The average molecular weight is 334 g/mol. The van der Waals surface area contributed by atoms with Gasteiger partial charge in [-0.15, -0.1) is 0 Å². The molecule has 1 N–H and O–H groups in total. The van der Waals surface area contributed by atoms with E-state index in [-0.39, 0.29) is 18.0 Å². The Kier molecular flexibility index (Phi) is 3.77. The van der Waals surface area contributed by atoms with Crippen LogP contribution in [0, 0.1) is 0 Å². The Balaban J connectivity index is 1.64. The SMILES string of the molecule is O=C(c1cccnc1)N1CCc2nc(-c3cnccn3)[nH]c(=O)c2C1. The van der Waals surface area contributed by atoms with Crippen molar-refractivity contribution in [2.75, 3.05) is 6.54 Å². The molecule has 0 atom stereocenters. The molecular formula is C17H14N6O2. The van der Waals surface area contributed by atoms with Crippen molar-refractivity contribution >= 4 is 5.91 Å². The van der Waals surface area contributed by atoms with Crippen molar-refractivity contribution in [3.8, 4) is 11.5 Å². The van der Waals surface area contributed by atoms with E-state index in [9.17, 15) is 9.59 Å². The van der Waals surface area contributed by atoms with Gasteiger partial charge in [-0.2, -0.15) is 0 Å². The van der Waals surface area contributed by atoms with Gasteiger partial charge in [0.25, 0.3) is 11.5 Å². The second kappa shape index (κ2) is 6.23. The molecule has 4 rings (SSSR count). The maximum atomic E-state index is 12.5. The van der Waals surface area contributed by atoms with Gasteiger partial charge >= 0.3 is 0 Å². The number of rotatable bonds is 2. The van der Waals surface area contributed by atoms with Crippen LogP contribution in [0.5, 0.6) is 0 Å². The molecule has 4 heterocycles. The molecule has 0 aliphatic carbocycles. The Morgan fingerprint density at radius 1 is 1.16 bits per heavy atom. The molecule has 3 aromatic heterocycles. The number of aromatic amines is 1. The van der Waals surface area contributed by atoms with E-state index >= 15 is 0 Å². The number of fused-ring (bicyclic) bond motifs is 1. The summed E-state index contributed by atoms with van der Waals surface area (Å²) in [7, 11) is 0. The van der Waals surface area contributed by atoms with Crippen LogP contribution in [-0.2, 0) is 13.0 Å². The minimum absolute atomic E-state index is 0.142. The third kappa shape index (κ3) is 2.89. The fraction of sp³-hybridized carbons (Fsp3) is 0.176. The molecule has 25 heavy (non-hydrogen) atoms. The van der Waals surface area contributed by atoms with Crippen molar-refractivity contribution in [3.05, 3.63) is 70.3 Å². The van der Waals surface area contributed by atoms with E-state index in [2.05, 4.69) is 24.9 Å². The molecule has 0 radical (unpaired) electrons. The minimum atomic E-state index is -0.255. The van der Waals surface area contributed by atoms with Crippen LogP contribution in [-0.4, -0.2) is 42.3 Å². The molecule has 124 valence electrons. The fourth-order valence-corrected chi connectivity index (χ4v) is 2.81. The standard InChI is InChI=1S/C17H14N6O2/c24-16-12-10-23(17(25)11-2-1-4-18-8-11)7-3-13(12)21-15(22-16)14-9-19-5-6-20-14/h1-2,4-6,8-9H,3,7,10H2,(H,21,22,24). The molecule has 0 aromatic carbocycles. The number of hydrogen-bond acceptors (Lipinski definition) is 6. The Hall–Kier alpha value is -3.42. The van der Waals surface area contributed by atoms with Gasteiger partial charge in [0.05, 0.1) is 29.6 Å². The molecule has 0 saturated carbocycles. The third-order valence-corrected chi connectivity index (χ3v) is 4.07. The molecule has 1 aliphatic heterocycles. The smallest absolute Gasteiger partial charge is 0.256 e. The highest BCUT2D eigenvalue weighted by Gasteiger charge is 2.25. The number of H-pyrrole nitrogens is 1. The van der Waals surface area contributed by atoms with Gasteiger partial charge in [0.2, 0.25) is 0 Å². The summed E-state index contributed by atoms with van der Waals surface area (Å²) in [6, 6.07) is 3.43. The molecule has 1 amide bonds. The van der Waals surface area contributed by atoms with E-state index in [4.69, 9.17) is 0 Å². The molecule has 0 unspecified atom stereocenters. The van der Waals surface area contributed by atoms with Gasteiger partial charge in [-0.3, -0.25) is 19.6 Å². The van der Waals surface area contributed by atoms with Crippen LogP contribution in [0.2, 0.25) is 0 Å². The topological polar surface area (TPSA) is 105 Å². The molecule has 0 saturated heterocycles. The number of nitrogens with one attached hydrogen (secondary N) is 1. The Labute approximate surface area is 142 Å². The first-order chi connectivity index (χ1) is 12.2. The van der Waals surface area contributed by atoms with Crippen LogP contribution in [0.15, 0.2) is 47.9 Å². The Bertz CT molecular complexity index is 971. The Morgan fingerprint density at radius 3 is 2.80 bits per heavy atom. The van der Waals surface area contributed by atoms with Crippen LogP contribution >= 0.6 is 0 Å². The lowest BCUT2D eigenvalue weighted by Crippen LogP contribution is -2.39. The highest BCUT2D eigenvalue weighted by Crippen LogP contribution is 2.18. The molecule has 3 aromatic rings. The highest BCUT2D eigenvalue weighted by molar-refractivity contribution is 5.94. The van der Waals surface area contributed by atoms with E-state index in [1.165, 1.54) is 6.20 Å². The first-order valence-corrected chi connectivity index (χ1v) is 7.80. The largest absolute Gasteiger partial charge is 0.334 e. The zero-order valence-electron chi connectivity index (χ0n) is 13.2. The van der Waals surface area contributed by atoms with Gasteiger partial charge in [0, 0.05) is 37.8 Å². The summed E-state index contributed by atoms with van der Waals surface area (Å²) in [6.07, 6.45) is 8.30. The summed E-state index contributed by atoms with van der Waals surface area (Å²) < 4.78 is 0. The van der Waals surface area contributed by atoms with E-state index in [0.29, 0.717) is 41.3 Å². The predicted molar refractivity (Wildman–Crippen MR) is 88.6 cm³/mol. The lowest BCUT2D eigenvalue weighted by atomic mass is 10.1. The molecule has 0 spiro atoms. The van der Waals surface area contributed by atoms with Crippen LogP contribution in [0.1, 0.15) is 21.6 Å². The molecule has 1 aliphatic rings. The van der Waals surface area contributed by atoms with Gasteiger partial charge in [-0.05, 0) is 12.1 Å². The fourth-order valence-electron chi connectivity index (χ4n) is 2.81. The number of hydrogen-bond donors (Lipinski definition) is 1. The van der Waals surface area contributed by atoms with Gasteiger partial charge in [0.15, 0.2) is 5.82 Å². The van der Waals surface area contributed by atoms with E-state index in [1.807, 2.05) is 0 Å².